The molecule has 2 aromatic rings. The third kappa shape index (κ3) is 5.97. The highest BCUT2D eigenvalue weighted by Crippen LogP contribution is 2.28. The Bertz CT molecular complexity index is 775. The molecule has 0 radical (unpaired) electrons. The average Bonchev–Trinajstić information content (AvgIpc) is 2.69. The van der Waals surface area contributed by atoms with Gasteiger partial charge in [-0.3, -0.25) is 4.79 Å². The van der Waals surface area contributed by atoms with Crippen LogP contribution >= 0.6 is 0 Å². The fourth-order valence-electron chi connectivity index (χ4n) is 2.39. The number of carbonyl (C=O) groups excluding carboxylic acids is 1. The Kier molecular flexibility index (Phi) is 8.06. The van der Waals surface area contributed by atoms with Crippen molar-refractivity contribution in [1.29, 1.82) is 0 Å². The van der Waals surface area contributed by atoms with E-state index in [1.165, 1.54) is 13.3 Å². The topological polar surface area (TPSA) is 69.2 Å². The SMILES string of the molecule is C=CCOc1ccc(/C=N\NC(=O)[C@H](OC)c2ccccc2)cc1OCC. The first-order valence-corrected chi connectivity index (χ1v) is 8.60. The number of hydrogen-bond acceptors (Lipinski definition) is 5. The van der Waals surface area contributed by atoms with E-state index in [2.05, 4.69) is 17.1 Å². The molecule has 1 atom stereocenters. The molecule has 27 heavy (non-hydrogen) atoms. The standard InChI is InChI=1S/C21H24N2O4/c1-4-13-27-18-12-11-16(14-19(18)26-5-2)15-22-23-21(24)20(25-3)17-9-7-6-8-10-17/h4,6-12,14-15,20H,1,5,13H2,2-3H3,(H,23,24)/b22-15-/t20-/m1/s1. The fraction of sp³-hybridized carbons (Fsp3) is 0.238. The molecule has 0 aliphatic rings. The van der Waals surface area contributed by atoms with Gasteiger partial charge in [0.2, 0.25) is 0 Å². The van der Waals surface area contributed by atoms with E-state index in [-0.39, 0.29) is 5.91 Å². The maximum Gasteiger partial charge on any atom is 0.273 e. The van der Waals surface area contributed by atoms with Gasteiger partial charge in [-0.2, -0.15) is 5.10 Å². The Balaban J connectivity index is 2.05. The zero-order valence-electron chi connectivity index (χ0n) is 15.6. The van der Waals surface area contributed by atoms with Gasteiger partial charge in [0.1, 0.15) is 6.61 Å². The van der Waals surface area contributed by atoms with E-state index in [1.807, 2.05) is 43.3 Å². The van der Waals surface area contributed by atoms with Gasteiger partial charge in [-0.15, -0.1) is 0 Å². The fourth-order valence-corrected chi connectivity index (χ4v) is 2.39. The van der Waals surface area contributed by atoms with Gasteiger partial charge in [0.05, 0.1) is 12.8 Å². The zero-order chi connectivity index (χ0) is 19.5. The lowest BCUT2D eigenvalue weighted by Gasteiger charge is -2.13. The Morgan fingerprint density at radius 3 is 2.63 bits per heavy atom. The Morgan fingerprint density at radius 2 is 1.96 bits per heavy atom. The summed E-state index contributed by atoms with van der Waals surface area (Å²) in [5.41, 5.74) is 4.02. The number of methoxy groups -OCH3 is 1. The maximum atomic E-state index is 12.3. The molecule has 1 amide bonds. The van der Waals surface area contributed by atoms with E-state index >= 15 is 0 Å². The molecule has 0 saturated heterocycles. The van der Waals surface area contributed by atoms with E-state index in [1.54, 1.807) is 18.2 Å². The molecule has 0 aliphatic heterocycles. The summed E-state index contributed by atoms with van der Waals surface area (Å²) in [5.74, 6) is 0.881. The second-order valence-electron chi connectivity index (χ2n) is 5.50. The van der Waals surface area contributed by atoms with E-state index in [0.717, 1.165) is 11.1 Å². The van der Waals surface area contributed by atoms with Gasteiger partial charge in [-0.1, -0.05) is 43.0 Å². The van der Waals surface area contributed by atoms with Crippen LogP contribution in [-0.2, 0) is 9.53 Å². The highest BCUT2D eigenvalue weighted by molar-refractivity contribution is 5.85. The molecule has 2 rings (SSSR count). The van der Waals surface area contributed by atoms with Gasteiger partial charge < -0.3 is 14.2 Å². The normalized spacial score (nSPS) is 11.8. The van der Waals surface area contributed by atoms with Crippen molar-refractivity contribution in [2.24, 2.45) is 5.10 Å². The van der Waals surface area contributed by atoms with Crippen LogP contribution in [0.4, 0.5) is 0 Å². The second kappa shape index (κ2) is 10.8. The maximum absolute atomic E-state index is 12.3. The van der Waals surface area contributed by atoms with Crippen LogP contribution in [0.3, 0.4) is 0 Å². The highest BCUT2D eigenvalue weighted by Gasteiger charge is 2.19. The molecule has 6 nitrogen and oxygen atoms in total. The Labute approximate surface area is 159 Å². The van der Waals surface area contributed by atoms with Crippen molar-refractivity contribution in [3.05, 3.63) is 72.3 Å². The van der Waals surface area contributed by atoms with Crippen molar-refractivity contribution < 1.29 is 19.0 Å². The van der Waals surface area contributed by atoms with Gasteiger partial charge in [-0.25, -0.2) is 5.43 Å². The molecule has 2 aromatic carbocycles. The van der Waals surface area contributed by atoms with Crippen LogP contribution < -0.4 is 14.9 Å². The minimum absolute atomic E-state index is 0.351. The van der Waals surface area contributed by atoms with Gasteiger partial charge in [0.15, 0.2) is 17.6 Å². The molecule has 0 bridgehead atoms. The quantitative estimate of drug-likeness (QED) is 0.396. The van der Waals surface area contributed by atoms with Gasteiger partial charge >= 0.3 is 0 Å². The predicted octanol–water partition coefficient (Wildman–Crippen LogP) is 3.49. The van der Waals surface area contributed by atoms with Crippen LogP contribution in [0, 0.1) is 0 Å². The van der Waals surface area contributed by atoms with Gasteiger partial charge in [-0.05, 0) is 36.2 Å². The molecular formula is C21H24N2O4. The van der Waals surface area contributed by atoms with Gasteiger partial charge in [0, 0.05) is 7.11 Å². The number of amides is 1. The van der Waals surface area contributed by atoms with Crippen LogP contribution in [0.25, 0.3) is 0 Å². The molecule has 0 aromatic heterocycles. The van der Waals surface area contributed by atoms with Crippen molar-refractivity contribution in [3.8, 4) is 11.5 Å². The minimum Gasteiger partial charge on any atom is -0.490 e. The molecule has 0 heterocycles. The van der Waals surface area contributed by atoms with Crippen molar-refractivity contribution >= 4 is 12.1 Å². The van der Waals surface area contributed by atoms with Crippen LogP contribution in [0.1, 0.15) is 24.2 Å². The van der Waals surface area contributed by atoms with Crippen LogP contribution in [0.2, 0.25) is 0 Å². The predicted molar refractivity (Wildman–Crippen MR) is 105 cm³/mol. The van der Waals surface area contributed by atoms with Crippen molar-refractivity contribution in [3.63, 3.8) is 0 Å². The molecule has 142 valence electrons. The largest absolute Gasteiger partial charge is 0.490 e. The number of nitrogens with zero attached hydrogens (tertiary/aromatic N) is 1. The number of ether oxygens (including phenoxy) is 3. The number of benzene rings is 2. The Morgan fingerprint density at radius 1 is 1.19 bits per heavy atom. The Hall–Kier alpha value is -3.12. The third-order valence-electron chi connectivity index (χ3n) is 3.59. The molecular weight excluding hydrogens is 344 g/mol. The first-order valence-electron chi connectivity index (χ1n) is 8.60. The lowest BCUT2D eigenvalue weighted by Crippen LogP contribution is -2.26. The number of carbonyl (C=O) groups is 1. The summed E-state index contributed by atoms with van der Waals surface area (Å²) >= 11 is 0. The summed E-state index contributed by atoms with van der Waals surface area (Å²) in [6.45, 7) is 6.43. The molecule has 0 fully saturated rings. The van der Waals surface area contributed by atoms with E-state index < -0.39 is 6.10 Å². The van der Waals surface area contributed by atoms with Crippen molar-refractivity contribution in [2.75, 3.05) is 20.3 Å². The molecule has 0 aliphatic carbocycles. The summed E-state index contributed by atoms with van der Waals surface area (Å²) in [6, 6.07) is 14.6. The summed E-state index contributed by atoms with van der Waals surface area (Å²) < 4.78 is 16.4. The van der Waals surface area contributed by atoms with Gasteiger partial charge in [0.25, 0.3) is 5.91 Å². The molecule has 0 saturated carbocycles. The summed E-state index contributed by atoms with van der Waals surface area (Å²) in [6.07, 6.45) is 2.48. The van der Waals surface area contributed by atoms with Crippen LogP contribution in [0.15, 0.2) is 66.3 Å². The number of hydrazone groups is 1. The smallest absolute Gasteiger partial charge is 0.273 e. The third-order valence-corrected chi connectivity index (χ3v) is 3.59. The van der Waals surface area contributed by atoms with E-state index in [9.17, 15) is 4.79 Å². The zero-order valence-corrected chi connectivity index (χ0v) is 15.6. The molecule has 6 heteroatoms. The van der Waals surface area contributed by atoms with E-state index in [0.29, 0.717) is 24.7 Å². The lowest BCUT2D eigenvalue weighted by atomic mass is 10.1. The minimum atomic E-state index is -0.725. The monoisotopic (exact) mass is 368 g/mol. The first-order chi connectivity index (χ1) is 13.2. The summed E-state index contributed by atoms with van der Waals surface area (Å²) in [4.78, 5) is 12.3. The molecule has 0 unspecified atom stereocenters. The van der Waals surface area contributed by atoms with E-state index in [4.69, 9.17) is 14.2 Å². The average molecular weight is 368 g/mol. The summed E-state index contributed by atoms with van der Waals surface area (Å²) in [5, 5.41) is 4.01. The van der Waals surface area contributed by atoms with Crippen molar-refractivity contribution in [2.45, 2.75) is 13.0 Å². The molecule has 1 N–H and O–H groups in total. The number of nitrogens with one attached hydrogen (secondary N) is 1. The first kappa shape index (κ1) is 20.2. The lowest BCUT2D eigenvalue weighted by molar-refractivity contribution is -0.131. The van der Waals surface area contributed by atoms with Crippen molar-refractivity contribution in [1.82, 2.24) is 5.43 Å². The second-order valence-corrected chi connectivity index (χ2v) is 5.50. The van der Waals surface area contributed by atoms with Crippen LogP contribution in [0.5, 0.6) is 11.5 Å². The number of rotatable bonds is 10. The van der Waals surface area contributed by atoms with Crippen LogP contribution in [-0.4, -0.2) is 32.4 Å². The number of hydrogen-bond donors (Lipinski definition) is 1. The molecule has 0 spiro atoms. The summed E-state index contributed by atoms with van der Waals surface area (Å²) in [7, 11) is 1.48. The highest BCUT2D eigenvalue weighted by atomic mass is 16.5.